The van der Waals surface area contributed by atoms with Crippen molar-refractivity contribution in [3.05, 3.63) is 46.4 Å². The van der Waals surface area contributed by atoms with Crippen molar-refractivity contribution in [1.82, 2.24) is 24.6 Å². The normalized spacial score (nSPS) is 16.6. The summed E-state index contributed by atoms with van der Waals surface area (Å²) in [7, 11) is 1.78. The third-order valence-corrected chi connectivity index (χ3v) is 5.85. The topological polar surface area (TPSA) is 70.7 Å². The maximum absolute atomic E-state index is 14.0. The lowest BCUT2D eigenvalue weighted by Gasteiger charge is -2.37. The molecule has 2 aromatic rings. The van der Waals surface area contributed by atoms with E-state index in [2.05, 4.69) is 25.2 Å². The van der Waals surface area contributed by atoms with Gasteiger partial charge in [0.05, 0.1) is 5.69 Å². The third-order valence-electron chi connectivity index (χ3n) is 5.85. The van der Waals surface area contributed by atoms with Gasteiger partial charge < -0.3 is 15.1 Å². The standard InChI is InChI=1S/C21H30FN7O.HI/c1-23-20(27-15-13-26(14-16-27)18-8-3-2-7-17(18)22)24-10-6-12-29-21(30)28-11-5-4-9-19(28)25-29;/h2-3,7-8H,4-6,9-16H2,1H3,(H,23,24);1H. The van der Waals surface area contributed by atoms with Gasteiger partial charge in [-0.05, 0) is 31.4 Å². The number of para-hydroxylation sites is 1. The Labute approximate surface area is 199 Å². The summed E-state index contributed by atoms with van der Waals surface area (Å²) in [6.07, 6.45) is 3.86. The van der Waals surface area contributed by atoms with Gasteiger partial charge in [-0.3, -0.25) is 9.56 Å². The van der Waals surface area contributed by atoms with Crippen LogP contribution in [0.2, 0.25) is 0 Å². The van der Waals surface area contributed by atoms with Gasteiger partial charge in [0.15, 0.2) is 5.96 Å². The first-order valence-corrected chi connectivity index (χ1v) is 10.8. The molecule has 0 saturated carbocycles. The zero-order chi connectivity index (χ0) is 20.9. The van der Waals surface area contributed by atoms with E-state index in [1.165, 1.54) is 6.07 Å². The lowest BCUT2D eigenvalue weighted by atomic mass is 10.2. The summed E-state index contributed by atoms with van der Waals surface area (Å²) in [5, 5.41) is 7.87. The number of hydrogen-bond donors (Lipinski definition) is 1. The molecule has 1 N–H and O–H groups in total. The van der Waals surface area contributed by atoms with Gasteiger partial charge >= 0.3 is 5.69 Å². The van der Waals surface area contributed by atoms with Crippen LogP contribution in [0.15, 0.2) is 34.1 Å². The average Bonchev–Trinajstić information content (AvgIpc) is 3.10. The zero-order valence-electron chi connectivity index (χ0n) is 18.0. The molecular formula is C21H31FIN7O. The molecule has 0 amide bonds. The molecule has 0 spiro atoms. The number of aliphatic imine (C=N–C) groups is 1. The summed E-state index contributed by atoms with van der Waals surface area (Å²) in [5.74, 6) is 1.59. The lowest BCUT2D eigenvalue weighted by molar-refractivity contribution is 0.369. The van der Waals surface area contributed by atoms with Crippen LogP contribution in [0.25, 0.3) is 0 Å². The van der Waals surface area contributed by atoms with E-state index in [1.54, 1.807) is 17.8 Å². The molecule has 10 heteroatoms. The van der Waals surface area contributed by atoms with Crippen LogP contribution in [-0.4, -0.2) is 65.0 Å². The first-order valence-electron chi connectivity index (χ1n) is 10.8. The molecule has 31 heavy (non-hydrogen) atoms. The number of nitrogens with zero attached hydrogens (tertiary/aromatic N) is 6. The van der Waals surface area contributed by atoms with Crippen LogP contribution in [0.4, 0.5) is 10.1 Å². The Morgan fingerprint density at radius 1 is 1.16 bits per heavy atom. The number of aromatic nitrogens is 3. The molecule has 3 heterocycles. The fraction of sp³-hybridized carbons (Fsp3) is 0.571. The van der Waals surface area contributed by atoms with E-state index in [0.29, 0.717) is 12.2 Å². The highest BCUT2D eigenvalue weighted by Gasteiger charge is 2.21. The number of aryl methyl sites for hydroxylation is 2. The molecule has 1 aromatic carbocycles. The fourth-order valence-electron chi connectivity index (χ4n) is 4.22. The Morgan fingerprint density at radius 2 is 1.94 bits per heavy atom. The van der Waals surface area contributed by atoms with Crippen molar-refractivity contribution in [2.45, 2.75) is 38.8 Å². The Kier molecular flexibility index (Phi) is 8.33. The number of halogens is 2. The van der Waals surface area contributed by atoms with Crippen molar-refractivity contribution < 1.29 is 4.39 Å². The highest BCUT2D eigenvalue weighted by atomic mass is 127. The molecular weight excluding hydrogens is 512 g/mol. The number of benzene rings is 1. The fourth-order valence-corrected chi connectivity index (χ4v) is 4.22. The van der Waals surface area contributed by atoms with E-state index in [-0.39, 0.29) is 35.5 Å². The number of anilines is 1. The molecule has 0 bridgehead atoms. The largest absolute Gasteiger partial charge is 0.366 e. The molecule has 1 fully saturated rings. The second-order valence-electron chi connectivity index (χ2n) is 7.78. The minimum absolute atomic E-state index is 0. The number of nitrogens with one attached hydrogen (secondary N) is 1. The number of guanidine groups is 1. The van der Waals surface area contributed by atoms with Crippen LogP contribution < -0.4 is 15.9 Å². The van der Waals surface area contributed by atoms with Gasteiger partial charge in [-0.1, -0.05) is 12.1 Å². The van der Waals surface area contributed by atoms with Crippen LogP contribution in [-0.2, 0) is 19.5 Å². The van der Waals surface area contributed by atoms with Crippen molar-refractivity contribution in [1.29, 1.82) is 0 Å². The highest BCUT2D eigenvalue weighted by Crippen LogP contribution is 2.20. The zero-order valence-corrected chi connectivity index (χ0v) is 20.3. The molecule has 8 nitrogen and oxygen atoms in total. The number of rotatable bonds is 5. The maximum atomic E-state index is 14.0. The first kappa shape index (κ1) is 23.6. The molecule has 2 aliphatic heterocycles. The predicted molar refractivity (Wildman–Crippen MR) is 131 cm³/mol. The van der Waals surface area contributed by atoms with E-state index in [9.17, 15) is 9.18 Å². The molecule has 4 rings (SSSR count). The van der Waals surface area contributed by atoms with Gasteiger partial charge in [-0.15, -0.1) is 24.0 Å². The smallest absolute Gasteiger partial charge is 0.345 e. The van der Waals surface area contributed by atoms with Gasteiger partial charge in [0.25, 0.3) is 0 Å². The Bertz CT molecular complexity index is 949. The summed E-state index contributed by atoms with van der Waals surface area (Å²) >= 11 is 0. The summed E-state index contributed by atoms with van der Waals surface area (Å²) in [6.45, 7) is 5.16. The van der Waals surface area contributed by atoms with E-state index in [0.717, 1.165) is 76.7 Å². The monoisotopic (exact) mass is 543 g/mol. The highest BCUT2D eigenvalue weighted by molar-refractivity contribution is 14.0. The third kappa shape index (κ3) is 5.39. The Hall–Kier alpha value is -2.11. The van der Waals surface area contributed by atoms with E-state index in [4.69, 9.17) is 0 Å². The van der Waals surface area contributed by atoms with Gasteiger partial charge in [0.2, 0.25) is 0 Å². The van der Waals surface area contributed by atoms with Gasteiger partial charge in [0, 0.05) is 59.3 Å². The molecule has 0 atom stereocenters. The Balaban J connectivity index is 0.00000272. The van der Waals surface area contributed by atoms with Crippen molar-refractivity contribution >= 4 is 35.6 Å². The van der Waals surface area contributed by atoms with Crippen molar-refractivity contribution in [3.63, 3.8) is 0 Å². The second kappa shape index (κ2) is 11.0. The van der Waals surface area contributed by atoms with Gasteiger partial charge in [-0.25, -0.2) is 13.9 Å². The molecule has 0 unspecified atom stereocenters. The number of piperazine rings is 1. The number of fused-ring (bicyclic) bond motifs is 1. The van der Waals surface area contributed by atoms with E-state index in [1.807, 2.05) is 16.7 Å². The maximum Gasteiger partial charge on any atom is 0.345 e. The molecule has 0 aliphatic carbocycles. The summed E-state index contributed by atoms with van der Waals surface area (Å²) in [4.78, 5) is 21.1. The lowest BCUT2D eigenvalue weighted by Crippen LogP contribution is -2.52. The van der Waals surface area contributed by atoms with Crippen LogP contribution in [0.1, 0.15) is 25.1 Å². The summed E-state index contributed by atoms with van der Waals surface area (Å²) < 4.78 is 17.4. The predicted octanol–water partition coefficient (Wildman–Crippen LogP) is 1.93. The van der Waals surface area contributed by atoms with Crippen LogP contribution in [0, 0.1) is 5.82 Å². The molecule has 2 aliphatic rings. The van der Waals surface area contributed by atoms with Crippen LogP contribution in [0.3, 0.4) is 0 Å². The van der Waals surface area contributed by atoms with Crippen molar-refractivity contribution in [2.75, 3.05) is 44.7 Å². The molecule has 1 saturated heterocycles. The Morgan fingerprint density at radius 3 is 2.65 bits per heavy atom. The van der Waals surface area contributed by atoms with Crippen molar-refractivity contribution in [3.8, 4) is 0 Å². The summed E-state index contributed by atoms with van der Waals surface area (Å²) in [6, 6.07) is 6.92. The quantitative estimate of drug-likeness (QED) is 0.270. The SMILES string of the molecule is CN=C(NCCCn1nc2n(c1=O)CCCC2)N1CCN(c2ccccc2F)CC1.I. The van der Waals surface area contributed by atoms with Crippen LogP contribution in [0.5, 0.6) is 0 Å². The van der Waals surface area contributed by atoms with E-state index >= 15 is 0 Å². The molecule has 0 radical (unpaired) electrons. The van der Waals surface area contributed by atoms with Crippen molar-refractivity contribution in [2.24, 2.45) is 4.99 Å². The van der Waals surface area contributed by atoms with Gasteiger partial charge in [-0.2, -0.15) is 5.10 Å². The summed E-state index contributed by atoms with van der Waals surface area (Å²) in [5.41, 5.74) is 0.673. The minimum atomic E-state index is -0.176. The second-order valence-corrected chi connectivity index (χ2v) is 7.78. The molecule has 1 aromatic heterocycles. The van der Waals surface area contributed by atoms with Gasteiger partial charge in [0.1, 0.15) is 11.6 Å². The average molecular weight is 543 g/mol. The van der Waals surface area contributed by atoms with Crippen LogP contribution >= 0.6 is 24.0 Å². The number of hydrogen-bond acceptors (Lipinski definition) is 4. The first-order chi connectivity index (χ1) is 14.7. The van der Waals surface area contributed by atoms with E-state index < -0.39 is 0 Å². The minimum Gasteiger partial charge on any atom is -0.366 e. The molecule has 170 valence electrons.